The van der Waals surface area contributed by atoms with Gasteiger partial charge >= 0.3 is 6.03 Å². The number of carbonyl (C=O) groups excluding carboxylic acids is 1. The maximum Gasteiger partial charge on any atom is 0.322 e. The van der Waals surface area contributed by atoms with Crippen molar-refractivity contribution in [2.45, 2.75) is 13.8 Å². The van der Waals surface area contributed by atoms with E-state index in [2.05, 4.69) is 28.7 Å². The number of nitrogens with one attached hydrogen (secondary N) is 1. The quantitative estimate of drug-likeness (QED) is 0.930. The number of nitrogens with zero attached hydrogens (tertiary/aromatic N) is 2. The zero-order valence-corrected chi connectivity index (χ0v) is 12.1. The molecule has 0 unspecified atom stereocenters. The van der Waals surface area contributed by atoms with Crippen LogP contribution in [0.5, 0.6) is 0 Å². The summed E-state index contributed by atoms with van der Waals surface area (Å²) in [5.41, 5.74) is 3.16. The van der Waals surface area contributed by atoms with Gasteiger partial charge in [-0.3, -0.25) is 5.32 Å². The lowest BCUT2D eigenvalue weighted by Crippen LogP contribution is -2.30. The molecule has 4 nitrogen and oxygen atoms in total. The third-order valence-electron chi connectivity index (χ3n) is 2.88. The number of hydrogen-bond acceptors (Lipinski definition) is 3. The minimum atomic E-state index is -0.109. The second-order valence-corrected chi connectivity index (χ2v) is 5.20. The summed E-state index contributed by atoms with van der Waals surface area (Å²) in [7, 11) is 1.76. The highest BCUT2D eigenvalue weighted by molar-refractivity contribution is 7.10. The third-order valence-corrected chi connectivity index (χ3v) is 3.58. The molecule has 0 atom stereocenters. The van der Waals surface area contributed by atoms with Crippen molar-refractivity contribution in [3.05, 3.63) is 35.9 Å². The molecule has 1 aromatic carbocycles. The first kappa shape index (κ1) is 13.5. The number of benzene rings is 1. The second kappa shape index (κ2) is 5.84. The van der Waals surface area contributed by atoms with Crippen molar-refractivity contribution < 1.29 is 4.79 Å². The van der Waals surface area contributed by atoms with Crippen LogP contribution in [0.15, 0.2) is 30.3 Å². The molecule has 0 aliphatic rings. The summed E-state index contributed by atoms with van der Waals surface area (Å²) < 4.78 is 4.37. The van der Waals surface area contributed by atoms with Crippen LogP contribution in [0.25, 0.3) is 11.3 Å². The summed E-state index contributed by atoms with van der Waals surface area (Å²) in [6, 6.07) is 9.95. The van der Waals surface area contributed by atoms with Crippen LogP contribution >= 0.6 is 11.5 Å². The highest BCUT2D eigenvalue weighted by Crippen LogP contribution is 2.26. The number of amides is 2. The molecule has 1 aromatic heterocycles. The van der Waals surface area contributed by atoms with E-state index >= 15 is 0 Å². The fraction of sp³-hybridized carbons (Fsp3) is 0.286. The fourth-order valence-corrected chi connectivity index (χ4v) is 2.27. The van der Waals surface area contributed by atoms with Gasteiger partial charge in [0.15, 0.2) is 0 Å². The Balaban J connectivity index is 2.13. The van der Waals surface area contributed by atoms with Crippen LogP contribution in [0.4, 0.5) is 9.80 Å². The van der Waals surface area contributed by atoms with Gasteiger partial charge in [-0.15, -0.1) is 0 Å². The Bertz CT molecular complexity index is 580. The van der Waals surface area contributed by atoms with Gasteiger partial charge in [-0.2, -0.15) is 4.37 Å². The van der Waals surface area contributed by atoms with Gasteiger partial charge < -0.3 is 4.90 Å². The van der Waals surface area contributed by atoms with Gasteiger partial charge in [-0.25, -0.2) is 4.79 Å². The van der Waals surface area contributed by atoms with E-state index in [4.69, 9.17) is 0 Å². The van der Waals surface area contributed by atoms with E-state index in [1.807, 2.05) is 25.1 Å². The van der Waals surface area contributed by atoms with Crippen molar-refractivity contribution in [3.63, 3.8) is 0 Å². The number of hydrogen-bond donors (Lipinski definition) is 1. The highest BCUT2D eigenvalue weighted by atomic mass is 32.1. The van der Waals surface area contributed by atoms with E-state index < -0.39 is 0 Å². The molecule has 5 heteroatoms. The van der Waals surface area contributed by atoms with Crippen LogP contribution in [0, 0.1) is 6.92 Å². The van der Waals surface area contributed by atoms with Gasteiger partial charge in [0.25, 0.3) is 0 Å². The number of rotatable bonds is 3. The summed E-state index contributed by atoms with van der Waals surface area (Å²) in [6.07, 6.45) is 0. The highest BCUT2D eigenvalue weighted by Gasteiger charge is 2.10. The average Bonchev–Trinajstić information content (AvgIpc) is 2.86. The monoisotopic (exact) mass is 275 g/mol. The summed E-state index contributed by atoms with van der Waals surface area (Å²) in [5.74, 6) is 0. The minimum absolute atomic E-state index is 0.109. The minimum Gasteiger partial charge on any atom is -0.328 e. The number of carbonyl (C=O) groups is 1. The van der Waals surface area contributed by atoms with Crippen molar-refractivity contribution in [1.29, 1.82) is 0 Å². The normalized spacial score (nSPS) is 10.3. The maximum atomic E-state index is 11.7. The molecule has 0 radical (unpaired) electrons. The van der Waals surface area contributed by atoms with Crippen LogP contribution < -0.4 is 5.32 Å². The van der Waals surface area contributed by atoms with Crippen LogP contribution in [-0.2, 0) is 0 Å². The molecule has 0 saturated heterocycles. The summed E-state index contributed by atoms with van der Waals surface area (Å²) >= 11 is 1.30. The Hall–Kier alpha value is -1.88. The lowest BCUT2D eigenvalue weighted by Gasteiger charge is -2.13. The zero-order chi connectivity index (χ0) is 13.8. The van der Waals surface area contributed by atoms with Crippen LogP contribution in [-0.4, -0.2) is 28.9 Å². The molecule has 1 heterocycles. The molecular weight excluding hydrogens is 258 g/mol. The molecule has 0 saturated carbocycles. The first-order valence-corrected chi connectivity index (χ1v) is 6.93. The number of aryl methyl sites for hydroxylation is 1. The molecule has 0 fully saturated rings. The Morgan fingerprint density at radius 1 is 1.42 bits per heavy atom. The SMILES string of the molecule is CCN(C)C(=O)Nc1cc(-c2cccc(C)c2)ns1. The molecule has 0 spiro atoms. The van der Waals surface area contributed by atoms with Crippen molar-refractivity contribution in [3.8, 4) is 11.3 Å². The summed E-state index contributed by atoms with van der Waals surface area (Å²) in [6.45, 7) is 4.66. The van der Waals surface area contributed by atoms with Crippen molar-refractivity contribution >= 4 is 22.6 Å². The second-order valence-electron chi connectivity index (χ2n) is 4.39. The van der Waals surface area contributed by atoms with Crippen molar-refractivity contribution in [2.75, 3.05) is 18.9 Å². The largest absolute Gasteiger partial charge is 0.328 e. The molecule has 19 heavy (non-hydrogen) atoms. The standard InChI is InChI=1S/C14H17N3OS/c1-4-17(3)14(18)15-13-9-12(16-19-13)11-7-5-6-10(2)8-11/h5-9H,4H2,1-3H3,(H,15,18). The first-order valence-electron chi connectivity index (χ1n) is 6.16. The first-order chi connectivity index (χ1) is 9.10. The molecule has 2 aromatic rings. The predicted octanol–water partition coefficient (Wildman–Crippen LogP) is 3.60. The topological polar surface area (TPSA) is 45.2 Å². The maximum absolute atomic E-state index is 11.7. The fourth-order valence-electron chi connectivity index (χ4n) is 1.62. The van der Waals surface area contributed by atoms with E-state index in [0.717, 1.165) is 16.3 Å². The average molecular weight is 275 g/mol. The molecule has 0 aliphatic carbocycles. The van der Waals surface area contributed by atoms with Gasteiger partial charge in [0.2, 0.25) is 0 Å². The van der Waals surface area contributed by atoms with Gasteiger partial charge in [0.05, 0.1) is 5.69 Å². The molecule has 2 amide bonds. The Morgan fingerprint density at radius 2 is 2.21 bits per heavy atom. The summed E-state index contributed by atoms with van der Waals surface area (Å²) in [4.78, 5) is 13.4. The van der Waals surface area contributed by atoms with E-state index in [1.54, 1.807) is 11.9 Å². The van der Waals surface area contributed by atoms with Crippen LogP contribution in [0.2, 0.25) is 0 Å². The van der Waals surface area contributed by atoms with Gasteiger partial charge in [0, 0.05) is 25.2 Å². The smallest absolute Gasteiger partial charge is 0.322 e. The summed E-state index contributed by atoms with van der Waals surface area (Å²) in [5, 5.41) is 3.61. The third kappa shape index (κ3) is 3.32. The Labute approximate surface area is 117 Å². The Kier molecular flexibility index (Phi) is 4.16. The molecule has 1 N–H and O–H groups in total. The van der Waals surface area contributed by atoms with Crippen molar-refractivity contribution in [1.82, 2.24) is 9.27 Å². The zero-order valence-electron chi connectivity index (χ0n) is 11.3. The number of anilines is 1. The van der Waals surface area contributed by atoms with Gasteiger partial charge in [-0.1, -0.05) is 23.8 Å². The molecule has 2 rings (SSSR count). The predicted molar refractivity (Wildman–Crippen MR) is 79.6 cm³/mol. The van der Waals surface area contributed by atoms with E-state index in [1.165, 1.54) is 17.1 Å². The van der Waals surface area contributed by atoms with E-state index in [-0.39, 0.29) is 6.03 Å². The number of aromatic nitrogens is 1. The van der Waals surface area contributed by atoms with E-state index in [0.29, 0.717) is 6.54 Å². The van der Waals surface area contributed by atoms with E-state index in [9.17, 15) is 4.79 Å². The van der Waals surface area contributed by atoms with Crippen LogP contribution in [0.3, 0.4) is 0 Å². The number of urea groups is 1. The van der Waals surface area contributed by atoms with Crippen LogP contribution in [0.1, 0.15) is 12.5 Å². The Morgan fingerprint density at radius 3 is 2.89 bits per heavy atom. The molecule has 0 aliphatic heterocycles. The van der Waals surface area contributed by atoms with Gasteiger partial charge in [0.1, 0.15) is 5.00 Å². The van der Waals surface area contributed by atoms with Gasteiger partial charge in [-0.05, 0) is 31.4 Å². The van der Waals surface area contributed by atoms with Crippen molar-refractivity contribution in [2.24, 2.45) is 0 Å². The lowest BCUT2D eigenvalue weighted by molar-refractivity contribution is 0.225. The molecule has 100 valence electrons. The lowest BCUT2D eigenvalue weighted by atomic mass is 10.1. The molecular formula is C14H17N3OS. The molecule has 0 bridgehead atoms.